The first kappa shape index (κ1) is 23.1. The van der Waals surface area contributed by atoms with Crippen molar-refractivity contribution < 1.29 is 22.7 Å². The van der Waals surface area contributed by atoms with E-state index >= 15 is 0 Å². The molecule has 0 heterocycles. The Labute approximate surface area is 184 Å². The molecule has 0 unspecified atom stereocenters. The third-order valence-corrected chi connectivity index (χ3v) is 7.85. The average Bonchev–Trinajstić information content (AvgIpc) is 2.82. The molecule has 0 bridgehead atoms. The van der Waals surface area contributed by atoms with Gasteiger partial charge in [-0.1, -0.05) is 19.3 Å². The number of hydrogen-bond acceptors (Lipinski definition) is 5. The molecule has 0 atom stereocenters. The van der Waals surface area contributed by atoms with Crippen LogP contribution in [0.25, 0.3) is 0 Å². The highest BCUT2D eigenvalue weighted by Crippen LogP contribution is 2.32. The van der Waals surface area contributed by atoms with Crippen LogP contribution in [-0.4, -0.2) is 53.0 Å². The lowest BCUT2D eigenvalue weighted by atomic mass is 9.96. The minimum Gasteiger partial charge on any atom is -0.493 e. The van der Waals surface area contributed by atoms with Crippen LogP contribution in [0.3, 0.4) is 0 Å². The lowest BCUT2D eigenvalue weighted by Gasteiger charge is -2.30. The maximum absolute atomic E-state index is 13.0. The third kappa shape index (κ3) is 4.85. The molecule has 2 aromatic carbocycles. The van der Waals surface area contributed by atoms with E-state index < -0.39 is 10.0 Å². The molecule has 3 rings (SSSR count). The van der Waals surface area contributed by atoms with Crippen molar-refractivity contribution in [1.29, 1.82) is 0 Å². The Morgan fingerprint density at radius 3 is 2.10 bits per heavy atom. The van der Waals surface area contributed by atoms with Gasteiger partial charge in [-0.2, -0.15) is 4.31 Å². The molecule has 1 fully saturated rings. The second kappa shape index (κ2) is 9.70. The summed E-state index contributed by atoms with van der Waals surface area (Å²) in [5, 5.41) is 0. The summed E-state index contributed by atoms with van der Waals surface area (Å²) >= 11 is 0. The normalized spacial score (nSPS) is 15.0. The van der Waals surface area contributed by atoms with Crippen LogP contribution in [0.5, 0.6) is 11.5 Å². The molecule has 8 heteroatoms. The van der Waals surface area contributed by atoms with Gasteiger partial charge in [0.1, 0.15) is 0 Å². The van der Waals surface area contributed by atoms with E-state index in [9.17, 15) is 13.2 Å². The molecule has 0 spiro atoms. The number of carbonyl (C=O) groups excluding carboxylic acids is 1. The van der Waals surface area contributed by atoms with Crippen molar-refractivity contribution in [2.75, 3.05) is 33.2 Å². The van der Waals surface area contributed by atoms with E-state index in [1.807, 2.05) is 0 Å². The predicted molar refractivity (Wildman–Crippen MR) is 121 cm³/mol. The average molecular weight is 447 g/mol. The fourth-order valence-electron chi connectivity index (χ4n) is 3.92. The Balaban J connectivity index is 1.78. The zero-order chi connectivity index (χ0) is 22.6. The number of benzene rings is 2. The summed E-state index contributed by atoms with van der Waals surface area (Å²) in [7, 11) is 2.80. The van der Waals surface area contributed by atoms with Crippen LogP contribution >= 0.6 is 0 Å². The van der Waals surface area contributed by atoms with E-state index in [0.717, 1.165) is 32.1 Å². The standard InChI is InChI=1S/C23H30N2O5S/c1-24(19-12-15-21(29-3)22(16-19)30-4)23(26)17-10-13-20(14-11-17)31(27,28)25(2)18-8-6-5-7-9-18/h10-16,18H,5-9H2,1-4H3. The zero-order valence-electron chi connectivity index (χ0n) is 18.5. The molecule has 1 aliphatic rings. The van der Waals surface area contributed by atoms with E-state index in [1.54, 1.807) is 51.5 Å². The van der Waals surface area contributed by atoms with Crippen molar-refractivity contribution >= 4 is 21.6 Å². The number of anilines is 1. The molecular weight excluding hydrogens is 416 g/mol. The number of hydrogen-bond donors (Lipinski definition) is 0. The summed E-state index contributed by atoms with van der Waals surface area (Å²) in [6.07, 6.45) is 5.06. The highest BCUT2D eigenvalue weighted by atomic mass is 32.2. The summed E-state index contributed by atoms with van der Waals surface area (Å²) in [5.41, 5.74) is 1.04. The van der Waals surface area contributed by atoms with Gasteiger partial charge in [0, 0.05) is 37.5 Å². The molecule has 0 saturated heterocycles. The number of rotatable bonds is 7. The topological polar surface area (TPSA) is 76.2 Å². The van der Waals surface area contributed by atoms with E-state index in [0.29, 0.717) is 22.7 Å². The number of nitrogens with zero attached hydrogens (tertiary/aromatic N) is 2. The SMILES string of the molecule is COc1ccc(N(C)C(=O)c2ccc(S(=O)(=O)N(C)C3CCCCC3)cc2)cc1OC. The van der Waals surface area contributed by atoms with Gasteiger partial charge >= 0.3 is 0 Å². The van der Waals surface area contributed by atoms with Crippen LogP contribution < -0.4 is 14.4 Å². The monoisotopic (exact) mass is 446 g/mol. The molecule has 2 aromatic rings. The quantitative estimate of drug-likeness (QED) is 0.644. The molecule has 1 amide bonds. The Bertz CT molecular complexity index is 1010. The Morgan fingerprint density at radius 1 is 0.903 bits per heavy atom. The Morgan fingerprint density at radius 2 is 1.52 bits per heavy atom. The third-order valence-electron chi connectivity index (χ3n) is 5.93. The van der Waals surface area contributed by atoms with Gasteiger partial charge in [0.15, 0.2) is 11.5 Å². The molecule has 168 valence electrons. The summed E-state index contributed by atoms with van der Waals surface area (Å²) in [6, 6.07) is 11.4. The molecule has 0 aromatic heterocycles. The first-order chi connectivity index (χ1) is 14.8. The minimum absolute atomic E-state index is 0.0382. The Kier molecular flexibility index (Phi) is 7.23. The number of sulfonamides is 1. The van der Waals surface area contributed by atoms with E-state index in [4.69, 9.17) is 9.47 Å². The number of carbonyl (C=O) groups is 1. The summed E-state index contributed by atoms with van der Waals surface area (Å²) in [6.45, 7) is 0. The molecule has 0 aliphatic heterocycles. The van der Waals surface area contributed by atoms with Gasteiger partial charge in [0.05, 0.1) is 19.1 Å². The van der Waals surface area contributed by atoms with E-state index in [2.05, 4.69) is 0 Å². The Hall–Kier alpha value is -2.58. The summed E-state index contributed by atoms with van der Waals surface area (Å²) < 4.78 is 38.0. The van der Waals surface area contributed by atoms with E-state index in [1.165, 1.54) is 28.4 Å². The van der Waals surface area contributed by atoms with Crippen molar-refractivity contribution in [3.63, 3.8) is 0 Å². The molecule has 7 nitrogen and oxygen atoms in total. The van der Waals surface area contributed by atoms with Crippen LogP contribution in [0.4, 0.5) is 5.69 Å². The van der Waals surface area contributed by atoms with Gasteiger partial charge in [-0.25, -0.2) is 8.42 Å². The van der Waals surface area contributed by atoms with Crippen molar-refractivity contribution in [1.82, 2.24) is 4.31 Å². The summed E-state index contributed by atoms with van der Waals surface area (Å²) in [4.78, 5) is 14.6. The lowest BCUT2D eigenvalue weighted by molar-refractivity contribution is 0.0993. The van der Waals surface area contributed by atoms with Gasteiger partial charge in [0.25, 0.3) is 5.91 Å². The largest absolute Gasteiger partial charge is 0.493 e. The van der Waals surface area contributed by atoms with Gasteiger partial charge in [0.2, 0.25) is 10.0 Å². The number of methoxy groups -OCH3 is 2. The van der Waals surface area contributed by atoms with Crippen LogP contribution in [0, 0.1) is 0 Å². The van der Waals surface area contributed by atoms with Crippen LogP contribution in [-0.2, 0) is 10.0 Å². The predicted octanol–water partition coefficient (Wildman–Crippen LogP) is 3.93. The molecule has 1 saturated carbocycles. The first-order valence-corrected chi connectivity index (χ1v) is 11.8. The smallest absolute Gasteiger partial charge is 0.258 e. The van der Waals surface area contributed by atoms with Crippen LogP contribution in [0.15, 0.2) is 47.4 Å². The van der Waals surface area contributed by atoms with Crippen LogP contribution in [0.2, 0.25) is 0 Å². The molecule has 1 aliphatic carbocycles. The maximum Gasteiger partial charge on any atom is 0.258 e. The van der Waals surface area contributed by atoms with E-state index in [-0.39, 0.29) is 16.8 Å². The second-order valence-electron chi connectivity index (χ2n) is 7.74. The van der Waals surface area contributed by atoms with Crippen molar-refractivity contribution in [2.24, 2.45) is 0 Å². The number of amides is 1. The van der Waals surface area contributed by atoms with Gasteiger partial charge in [-0.05, 0) is 49.2 Å². The molecule has 0 radical (unpaired) electrons. The highest BCUT2D eigenvalue weighted by Gasteiger charge is 2.29. The van der Waals surface area contributed by atoms with Crippen LogP contribution in [0.1, 0.15) is 42.5 Å². The molecule has 31 heavy (non-hydrogen) atoms. The zero-order valence-corrected chi connectivity index (χ0v) is 19.3. The highest BCUT2D eigenvalue weighted by molar-refractivity contribution is 7.89. The minimum atomic E-state index is -3.59. The second-order valence-corrected chi connectivity index (χ2v) is 9.74. The fraction of sp³-hybridized carbons (Fsp3) is 0.435. The number of ether oxygens (including phenoxy) is 2. The first-order valence-electron chi connectivity index (χ1n) is 10.4. The van der Waals surface area contributed by atoms with Crippen molar-refractivity contribution in [3.8, 4) is 11.5 Å². The maximum atomic E-state index is 13.0. The van der Waals surface area contributed by atoms with Gasteiger partial charge in [-0.15, -0.1) is 0 Å². The van der Waals surface area contributed by atoms with Crippen molar-refractivity contribution in [3.05, 3.63) is 48.0 Å². The fourth-order valence-corrected chi connectivity index (χ4v) is 5.34. The molecular formula is C23H30N2O5S. The molecule has 0 N–H and O–H groups in total. The summed E-state index contributed by atoms with van der Waals surface area (Å²) in [5.74, 6) is 0.840. The van der Waals surface area contributed by atoms with Crippen molar-refractivity contribution in [2.45, 2.75) is 43.0 Å². The lowest BCUT2D eigenvalue weighted by Crippen LogP contribution is -2.38. The van der Waals surface area contributed by atoms with Gasteiger partial charge < -0.3 is 14.4 Å². The van der Waals surface area contributed by atoms with Gasteiger partial charge in [-0.3, -0.25) is 4.79 Å².